The maximum Gasteiger partial charge on any atom is 0.170 e. The topological polar surface area (TPSA) is 96.0 Å². The molecule has 0 amide bonds. The third-order valence-corrected chi connectivity index (χ3v) is 5.25. The van der Waals surface area contributed by atoms with Gasteiger partial charge in [0.1, 0.15) is 0 Å². The average Bonchev–Trinajstić information content (AvgIpc) is 2.42. The van der Waals surface area contributed by atoms with Gasteiger partial charge in [-0.3, -0.25) is 4.90 Å². The van der Waals surface area contributed by atoms with Crippen molar-refractivity contribution in [3.8, 4) is 0 Å². The molecule has 1 aromatic rings. The Balaban J connectivity index is 2.07. The van der Waals surface area contributed by atoms with Gasteiger partial charge in [0.2, 0.25) is 0 Å². The summed E-state index contributed by atoms with van der Waals surface area (Å²) in [7, 11) is -2.87. The molecule has 2 rings (SSSR count). The van der Waals surface area contributed by atoms with Crippen molar-refractivity contribution in [3.05, 3.63) is 34.3 Å². The molecule has 0 bridgehead atoms. The van der Waals surface area contributed by atoms with Crippen LogP contribution in [0, 0.1) is 0 Å². The molecule has 1 aromatic carbocycles. The maximum atomic E-state index is 11.4. The predicted molar refractivity (Wildman–Crippen MR) is 77.9 cm³/mol. The standard InChI is InChI=1S/C12H16ClN3O3S/c13-11-7-9(12(14)15-17)1-2-10(11)8-16-3-5-20(18,19)6-4-16/h1-2,7,17H,3-6,8H2,(H2,14,15). The molecule has 1 aliphatic rings. The second-order valence-corrected chi connectivity index (χ2v) is 7.43. The van der Waals surface area contributed by atoms with Gasteiger partial charge in [0.25, 0.3) is 0 Å². The molecule has 0 spiro atoms. The predicted octanol–water partition coefficient (Wildman–Crippen LogP) is 0.665. The normalized spacial score (nSPS) is 19.9. The van der Waals surface area contributed by atoms with Gasteiger partial charge < -0.3 is 10.9 Å². The Kier molecular flexibility index (Phi) is 4.52. The molecule has 1 saturated heterocycles. The molecule has 1 aliphatic heterocycles. The summed E-state index contributed by atoms with van der Waals surface area (Å²) in [6, 6.07) is 5.16. The Morgan fingerprint density at radius 1 is 1.40 bits per heavy atom. The van der Waals surface area contributed by atoms with Gasteiger partial charge in [0, 0.05) is 30.2 Å². The zero-order valence-corrected chi connectivity index (χ0v) is 12.4. The molecule has 0 radical (unpaired) electrons. The van der Waals surface area contributed by atoms with E-state index in [2.05, 4.69) is 5.16 Å². The number of sulfone groups is 1. The van der Waals surface area contributed by atoms with Crippen molar-refractivity contribution in [2.45, 2.75) is 6.54 Å². The van der Waals surface area contributed by atoms with Gasteiger partial charge in [0.05, 0.1) is 11.5 Å². The first-order valence-corrected chi connectivity index (χ1v) is 8.30. The molecular formula is C12H16ClN3O3S. The Hall–Kier alpha value is -1.31. The third kappa shape index (κ3) is 3.62. The zero-order chi connectivity index (χ0) is 14.8. The maximum absolute atomic E-state index is 11.4. The molecule has 0 aromatic heterocycles. The van der Waals surface area contributed by atoms with Crippen LogP contribution < -0.4 is 5.73 Å². The van der Waals surface area contributed by atoms with Crippen LogP contribution in [0.2, 0.25) is 5.02 Å². The van der Waals surface area contributed by atoms with E-state index >= 15 is 0 Å². The van der Waals surface area contributed by atoms with Crippen LogP contribution in [0.1, 0.15) is 11.1 Å². The molecule has 0 aliphatic carbocycles. The fourth-order valence-corrected chi connectivity index (χ4v) is 3.56. The van der Waals surface area contributed by atoms with E-state index in [1.54, 1.807) is 18.2 Å². The minimum Gasteiger partial charge on any atom is -0.409 e. The number of oxime groups is 1. The van der Waals surface area contributed by atoms with E-state index in [0.29, 0.717) is 30.2 Å². The van der Waals surface area contributed by atoms with Gasteiger partial charge >= 0.3 is 0 Å². The van der Waals surface area contributed by atoms with Crippen molar-refractivity contribution in [2.24, 2.45) is 10.9 Å². The highest BCUT2D eigenvalue weighted by Crippen LogP contribution is 2.20. The first kappa shape index (κ1) is 15.1. The van der Waals surface area contributed by atoms with Crippen molar-refractivity contribution < 1.29 is 13.6 Å². The lowest BCUT2D eigenvalue weighted by Crippen LogP contribution is -2.39. The molecular weight excluding hydrogens is 302 g/mol. The van der Waals surface area contributed by atoms with Gasteiger partial charge in [-0.1, -0.05) is 28.9 Å². The smallest absolute Gasteiger partial charge is 0.170 e. The molecule has 0 unspecified atom stereocenters. The number of nitrogens with two attached hydrogens (primary N) is 1. The molecule has 6 nitrogen and oxygen atoms in total. The first-order chi connectivity index (χ1) is 9.41. The Morgan fingerprint density at radius 2 is 2.05 bits per heavy atom. The third-order valence-electron chi connectivity index (χ3n) is 3.29. The average molecular weight is 318 g/mol. The number of rotatable bonds is 3. The van der Waals surface area contributed by atoms with Gasteiger partial charge in [-0.05, 0) is 11.6 Å². The van der Waals surface area contributed by atoms with E-state index in [1.807, 2.05) is 4.90 Å². The molecule has 20 heavy (non-hydrogen) atoms. The number of amidine groups is 1. The second-order valence-electron chi connectivity index (χ2n) is 4.72. The quantitative estimate of drug-likeness (QED) is 0.369. The van der Waals surface area contributed by atoms with Gasteiger partial charge in [-0.25, -0.2) is 8.42 Å². The summed E-state index contributed by atoms with van der Waals surface area (Å²) >= 11 is 6.17. The Bertz CT molecular complexity index is 617. The van der Waals surface area contributed by atoms with Crippen LogP contribution in [-0.2, 0) is 16.4 Å². The highest BCUT2D eigenvalue weighted by Gasteiger charge is 2.22. The van der Waals surface area contributed by atoms with Crippen molar-refractivity contribution >= 4 is 27.3 Å². The van der Waals surface area contributed by atoms with E-state index < -0.39 is 9.84 Å². The number of halogens is 1. The molecule has 0 atom stereocenters. The molecule has 0 saturated carbocycles. The van der Waals surface area contributed by atoms with Gasteiger partial charge in [0.15, 0.2) is 15.7 Å². The minimum absolute atomic E-state index is 0.00233. The highest BCUT2D eigenvalue weighted by molar-refractivity contribution is 7.91. The van der Waals surface area contributed by atoms with Crippen LogP contribution in [0.3, 0.4) is 0 Å². The van der Waals surface area contributed by atoms with Crippen molar-refractivity contribution in [1.82, 2.24) is 4.90 Å². The van der Waals surface area contributed by atoms with E-state index in [0.717, 1.165) is 5.56 Å². The van der Waals surface area contributed by atoms with Crippen LogP contribution in [0.25, 0.3) is 0 Å². The summed E-state index contributed by atoms with van der Waals surface area (Å²) in [6.45, 7) is 1.62. The van der Waals surface area contributed by atoms with Crippen LogP contribution in [0.4, 0.5) is 0 Å². The molecule has 110 valence electrons. The minimum atomic E-state index is -2.87. The monoisotopic (exact) mass is 317 g/mol. The van der Waals surface area contributed by atoms with Crippen LogP contribution in [-0.4, -0.2) is 49.0 Å². The number of hydrogen-bond donors (Lipinski definition) is 2. The SMILES string of the molecule is N/C(=N/O)c1ccc(CN2CCS(=O)(=O)CC2)c(Cl)c1. The Morgan fingerprint density at radius 3 is 2.60 bits per heavy atom. The second kappa shape index (κ2) is 5.99. The lowest BCUT2D eigenvalue weighted by Gasteiger charge is -2.26. The van der Waals surface area contributed by atoms with E-state index in [4.69, 9.17) is 22.5 Å². The summed E-state index contributed by atoms with van der Waals surface area (Å²) in [4.78, 5) is 2.05. The van der Waals surface area contributed by atoms with Crippen molar-refractivity contribution in [3.63, 3.8) is 0 Å². The fourth-order valence-electron chi connectivity index (χ4n) is 2.04. The van der Waals surface area contributed by atoms with Crippen molar-refractivity contribution in [2.75, 3.05) is 24.6 Å². The van der Waals surface area contributed by atoms with E-state index in [1.165, 1.54) is 0 Å². The summed E-state index contributed by atoms with van der Waals surface area (Å²) in [5.41, 5.74) is 6.92. The molecule has 1 fully saturated rings. The number of hydrogen-bond acceptors (Lipinski definition) is 5. The summed E-state index contributed by atoms with van der Waals surface area (Å²) in [5.74, 6) is 0.377. The summed E-state index contributed by atoms with van der Waals surface area (Å²) < 4.78 is 22.7. The lowest BCUT2D eigenvalue weighted by atomic mass is 10.1. The van der Waals surface area contributed by atoms with Gasteiger partial charge in [-0.2, -0.15) is 0 Å². The largest absolute Gasteiger partial charge is 0.409 e. The first-order valence-electron chi connectivity index (χ1n) is 6.10. The number of nitrogens with zero attached hydrogens (tertiary/aromatic N) is 2. The molecule has 8 heteroatoms. The van der Waals surface area contributed by atoms with Crippen LogP contribution in [0.5, 0.6) is 0 Å². The zero-order valence-electron chi connectivity index (χ0n) is 10.8. The van der Waals surface area contributed by atoms with Crippen molar-refractivity contribution in [1.29, 1.82) is 0 Å². The highest BCUT2D eigenvalue weighted by atomic mass is 35.5. The van der Waals surface area contributed by atoms with Crippen LogP contribution in [0.15, 0.2) is 23.4 Å². The summed E-state index contributed by atoms with van der Waals surface area (Å²) in [6.07, 6.45) is 0. The van der Waals surface area contributed by atoms with Gasteiger partial charge in [-0.15, -0.1) is 0 Å². The lowest BCUT2D eigenvalue weighted by molar-refractivity contribution is 0.288. The molecule has 1 heterocycles. The Labute approximate surface area is 122 Å². The summed E-state index contributed by atoms with van der Waals surface area (Å²) in [5, 5.41) is 12.0. The number of benzene rings is 1. The van der Waals surface area contributed by atoms with Crippen LogP contribution >= 0.6 is 11.6 Å². The van der Waals surface area contributed by atoms with E-state index in [9.17, 15) is 8.42 Å². The molecule has 3 N–H and O–H groups in total. The van der Waals surface area contributed by atoms with E-state index in [-0.39, 0.29) is 17.3 Å². The fraction of sp³-hybridized carbons (Fsp3) is 0.417.